The first-order chi connectivity index (χ1) is 16.4. The van der Waals surface area contributed by atoms with Crippen LogP contribution < -0.4 is 25.4 Å². The van der Waals surface area contributed by atoms with Crippen LogP contribution in [0.4, 0.5) is 16.2 Å². The topological polar surface area (TPSA) is 117 Å². The van der Waals surface area contributed by atoms with Crippen molar-refractivity contribution in [3.05, 3.63) is 58.3 Å². The number of cyclic esters (lactones) is 1. The first-order valence-corrected chi connectivity index (χ1v) is 11.8. The van der Waals surface area contributed by atoms with Gasteiger partial charge in [-0.1, -0.05) is 0 Å². The van der Waals surface area contributed by atoms with E-state index < -0.39 is 11.8 Å². The number of aryl methyl sites for hydroxylation is 1. The highest BCUT2D eigenvalue weighted by Gasteiger charge is 2.33. The zero-order valence-electron chi connectivity index (χ0n) is 18.4. The molecule has 10 nitrogen and oxygen atoms in total. The third-order valence-corrected chi connectivity index (χ3v) is 6.95. The van der Waals surface area contributed by atoms with E-state index in [2.05, 4.69) is 5.32 Å². The molecule has 0 spiro atoms. The minimum atomic E-state index is -0.667. The third kappa shape index (κ3) is 4.14. The van der Waals surface area contributed by atoms with Gasteiger partial charge in [0.2, 0.25) is 5.91 Å². The summed E-state index contributed by atoms with van der Waals surface area (Å²) in [5.41, 5.74) is 0.928. The molecule has 0 bridgehead atoms. The summed E-state index contributed by atoms with van der Waals surface area (Å²) in [5, 5.41) is 15.9. The van der Waals surface area contributed by atoms with Crippen molar-refractivity contribution in [2.24, 2.45) is 0 Å². The Bertz CT molecular complexity index is 1360. The normalized spacial score (nSPS) is 17.4. The number of fused-ring (bicyclic) bond motifs is 2. The van der Waals surface area contributed by atoms with E-state index in [-0.39, 0.29) is 17.5 Å². The van der Waals surface area contributed by atoms with Crippen LogP contribution in [0.2, 0.25) is 0 Å². The molecule has 2 aliphatic rings. The summed E-state index contributed by atoms with van der Waals surface area (Å²) in [4.78, 5) is 39.1. The molecule has 1 saturated heterocycles. The Morgan fingerprint density at radius 1 is 1.24 bits per heavy atom. The monoisotopic (exact) mass is 482 g/mol. The lowest BCUT2D eigenvalue weighted by molar-refractivity contribution is -0.599. The highest BCUT2D eigenvalue weighted by atomic mass is 32.2. The van der Waals surface area contributed by atoms with Crippen molar-refractivity contribution in [1.82, 2.24) is 4.57 Å². The number of anilines is 2. The zero-order valence-corrected chi connectivity index (χ0v) is 19.2. The van der Waals surface area contributed by atoms with Crippen LogP contribution in [0.25, 0.3) is 10.9 Å². The van der Waals surface area contributed by atoms with Crippen LogP contribution >= 0.6 is 11.8 Å². The van der Waals surface area contributed by atoms with Gasteiger partial charge >= 0.3 is 11.8 Å². The number of hydrogen-bond donors (Lipinski definition) is 1. The number of nitrogens with one attached hydrogen (secondary N) is 1. The molecule has 2 aliphatic heterocycles. The lowest BCUT2D eigenvalue weighted by Gasteiger charge is -2.19. The number of benzene rings is 2. The summed E-state index contributed by atoms with van der Waals surface area (Å²) in [7, 11) is 1.50. The van der Waals surface area contributed by atoms with Crippen molar-refractivity contribution >= 4 is 46.0 Å². The van der Waals surface area contributed by atoms with E-state index in [4.69, 9.17) is 9.47 Å². The minimum absolute atomic E-state index is 0.0704. The number of methoxy groups -OCH3 is 1. The van der Waals surface area contributed by atoms with Gasteiger partial charge in [-0.15, -0.1) is 11.8 Å². The molecule has 1 unspecified atom stereocenters. The van der Waals surface area contributed by atoms with Crippen molar-refractivity contribution in [1.29, 1.82) is 0 Å². The molecule has 1 fully saturated rings. The van der Waals surface area contributed by atoms with Crippen molar-refractivity contribution in [2.75, 3.05) is 29.6 Å². The molecule has 176 valence electrons. The van der Waals surface area contributed by atoms with E-state index in [1.807, 2.05) is 12.1 Å². The molecule has 2 aromatic carbocycles. The summed E-state index contributed by atoms with van der Waals surface area (Å²) in [5.74, 6) is 0.807. The molecule has 1 aromatic heterocycles. The smallest absolute Gasteiger partial charge is 0.501 e. The molecular weight excluding hydrogens is 460 g/mol. The van der Waals surface area contributed by atoms with Crippen molar-refractivity contribution < 1.29 is 23.8 Å². The molecule has 1 N–H and O–H groups in total. The van der Waals surface area contributed by atoms with Crippen LogP contribution in [0, 0.1) is 5.21 Å². The van der Waals surface area contributed by atoms with E-state index in [0.29, 0.717) is 58.9 Å². The maximum atomic E-state index is 12.5. The summed E-state index contributed by atoms with van der Waals surface area (Å²) in [6, 6.07) is 10.5. The Hall–Kier alpha value is -3.73. The summed E-state index contributed by atoms with van der Waals surface area (Å²) >= 11 is 1.46. The van der Waals surface area contributed by atoms with Crippen LogP contribution in [0.5, 0.6) is 5.75 Å². The van der Waals surface area contributed by atoms with Crippen molar-refractivity contribution in [3.8, 4) is 5.75 Å². The predicted octanol–water partition coefficient (Wildman–Crippen LogP) is 2.49. The van der Waals surface area contributed by atoms with E-state index in [9.17, 15) is 19.6 Å². The van der Waals surface area contributed by atoms with Gasteiger partial charge in [0, 0.05) is 16.6 Å². The fourth-order valence-corrected chi connectivity index (χ4v) is 4.94. The lowest BCUT2D eigenvalue weighted by atomic mass is 10.2. The van der Waals surface area contributed by atoms with Crippen molar-refractivity contribution in [3.63, 3.8) is 0 Å². The predicted molar refractivity (Wildman–Crippen MR) is 126 cm³/mol. The number of nitrogens with zero attached hydrogens (tertiary/aromatic N) is 3. The van der Waals surface area contributed by atoms with Crippen LogP contribution in [0.15, 0.2) is 52.3 Å². The first kappa shape index (κ1) is 22.1. The standard InChI is InChI=1S/C23H22N4O6S/c1-32-16-6-4-14-11-25(22(29)27(31)19(14)10-16)8-2-3-17-12-26(23(30)33-17)15-5-7-20-18(9-15)24-21(28)13-34-20/h4-7,9-11,17H,2-3,8,12-13H2,1H3,(H,24,28). The van der Waals surface area contributed by atoms with Crippen LogP contribution in [0.3, 0.4) is 0 Å². The molecule has 0 saturated carbocycles. The Balaban J connectivity index is 1.24. The highest BCUT2D eigenvalue weighted by Crippen LogP contribution is 2.35. The quantitative estimate of drug-likeness (QED) is 0.424. The number of thioether (sulfide) groups is 1. The largest absolute Gasteiger partial charge is 0.708 e. The average Bonchev–Trinajstić information content (AvgIpc) is 3.21. The molecule has 2 amide bonds. The van der Waals surface area contributed by atoms with Crippen LogP contribution in [0.1, 0.15) is 12.8 Å². The lowest BCUT2D eigenvalue weighted by Crippen LogP contribution is -2.50. The third-order valence-electron chi connectivity index (χ3n) is 5.88. The zero-order chi connectivity index (χ0) is 23.8. The van der Waals surface area contributed by atoms with Gasteiger partial charge in [-0.25, -0.2) is 4.79 Å². The van der Waals surface area contributed by atoms with Crippen LogP contribution in [-0.2, 0) is 16.1 Å². The van der Waals surface area contributed by atoms with Crippen molar-refractivity contribution in [2.45, 2.75) is 30.4 Å². The summed E-state index contributed by atoms with van der Waals surface area (Å²) in [6.07, 6.45) is 1.94. The number of carbonyl (C=O) groups excluding carboxylic acids is 2. The molecule has 5 rings (SSSR count). The van der Waals surface area contributed by atoms with Gasteiger partial charge in [0.05, 0.1) is 37.0 Å². The maximum Gasteiger partial charge on any atom is 0.501 e. The Morgan fingerprint density at radius 3 is 2.91 bits per heavy atom. The number of amides is 2. The Labute approximate surface area is 198 Å². The second-order valence-electron chi connectivity index (χ2n) is 8.10. The van der Waals surface area contributed by atoms with Gasteiger partial charge in [0.15, 0.2) is 0 Å². The van der Waals surface area contributed by atoms with Gasteiger partial charge in [-0.2, -0.15) is 14.1 Å². The maximum absolute atomic E-state index is 12.5. The number of ether oxygens (including phenoxy) is 2. The summed E-state index contributed by atoms with van der Waals surface area (Å²) in [6.45, 7) is 0.686. The van der Waals surface area contributed by atoms with E-state index >= 15 is 0 Å². The molecule has 0 radical (unpaired) electrons. The van der Waals surface area contributed by atoms with Crippen LogP contribution in [-0.4, -0.2) is 42.1 Å². The van der Waals surface area contributed by atoms with E-state index in [1.165, 1.54) is 34.4 Å². The molecule has 3 aromatic rings. The van der Waals surface area contributed by atoms with E-state index in [0.717, 1.165) is 4.90 Å². The van der Waals surface area contributed by atoms with Gasteiger partial charge in [0.25, 0.3) is 0 Å². The van der Waals surface area contributed by atoms with Gasteiger partial charge in [-0.3, -0.25) is 9.69 Å². The number of rotatable bonds is 6. The number of carbonyl (C=O) groups is 2. The van der Waals surface area contributed by atoms with Gasteiger partial charge in [-0.05, 0) is 43.2 Å². The minimum Gasteiger partial charge on any atom is -0.708 e. The summed E-state index contributed by atoms with van der Waals surface area (Å²) < 4.78 is 12.4. The second kappa shape index (κ2) is 8.90. The number of aromatic nitrogens is 2. The molecule has 34 heavy (non-hydrogen) atoms. The molecular formula is C23H22N4O6S. The number of hydrogen-bond acceptors (Lipinski definition) is 7. The second-order valence-corrected chi connectivity index (χ2v) is 9.12. The fraction of sp³-hybridized carbons (Fsp3) is 0.304. The Kier molecular flexibility index (Phi) is 5.78. The van der Waals surface area contributed by atoms with Gasteiger partial charge in [0.1, 0.15) is 23.6 Å². The molecule has 11 heteroatoms. The van der Waals surface area contributed by atoms with Gasteiger partial charge < -0.3 is 20.0 Å². The highest BCUT2D eigenvalue weighted by molar-refractivity contribution is 8.00. The van der Waals surface area contributed by atoms with E-state index in [1.54, 1.807) is 24.4 Å². The first-order valence-electron chi connectivity index (χ1n) is 10.8. The fourth-order valence-electron chi connectivity index (χ4n) is 4.15. The molecule has 0 aliphatic carbocycles. The molecule has 3 heterocycles. The average molecular weight is 483 g/mol. The molecule has 1 atom stereocenters. The Morgan fingerprint density at radius 2 is 2.09 bits per heavy atom. The SMILES string of the molecule is COc1ccc2cn(CCCC3CN(c4ccc5c(c4)NC(=O)CS5)C(=O)O3)c(=O)[n+]([O-])c2c1.